The molecule has 0 aliphatic heterocycles. The second-order valence-corrected chi connectivity index (χ2v) is 3.38. The second-order valence-electron chi connectivity index (χ2n) is 3.38. The maximum Gasteiger partial charge on any atom is 0.181 e. The first-order valence-corrected chi connectivity index (χ1v) is 5.01. The van der Waals surface area contributed by atoms with Gasteiger partial charge >= 0.3 is 0 Å². The predicted octanol–water partition coefficient (Wildman–Crippen LogP) is 2.42. The summed E-state index contributed by atoms with van der Waals surface area (Å²) in [6, 6.07) is 9.15. The Morgan fingerprint density at radius 3 is 2.47 bits per heavy atom. The quantitative estimate of drug-likeness (QED) is 0.821. The van der Waals surface area contributed by atoms with Crippen molar-refractivity contribution in [2.75, 3.05) is 0 Å². The molecule has 0 aliphatic rings. The second kappa shape index (κ2) is 5.38. The van der Waals surface area contributed by atoms with Crippen LogP contribution >= 0.6 is 0 Å². The lowest BCUT2D eigenvalue weighted by Crippen LogP contribution is -2.08. The molecule has 1 aromatic rings. The van der Waals surface area contributed by atoms with E-state index < -0.39 is 12.2 Å². The molecule has 1 aromatic carbocycles. The van der Waals surface area contributed by atoms with Crippen molar-refractivity contribution in [1.29, 1.82) is 5.26 Å². The molecule has 15 heavy (non-hydrogen) atoms. The van der Waals surface area contributed by atoms with Gasteiger partial charge in [0.25, 0.3) is 0 Å². The third-order valence-electron chi connectivity index (χ3n) is 2.15. The van der Waals surface area contributed by atoms with Gasteiger partial charge in [-0.25, -0.2) is 0 Å². The molecule has 3 nitrogen and oxygen atoms in total. The Hall–Kier alpha value is -1.53. The summed E-state index contributed by atoms with van der Waals surface area (Å²) >= 11 is 0. The van der Waals surface area contributed by atoms with E-state index in [0.29, 0.717) is 12.2 Å². The van der Waals surface area contributed by atoms with Gasteiger partial charge in [-0.05, 0) is 31.0 Å². The highest BCUT2D eigenvalue weighted by molar-refractivity contribution is 5.28. The monoisotopic (exact) mass is 205 g/mol. The highest BCUT2D eigenvalue weighted by atomic mass is 16.5. The first-order chi connectivity index (χ1) is 7.17. The average Bonchev–Trinajstić information content (AvgIpc) is 2.29. The number of nitriles is 1. The maximum atomic E-state index is 9.56. The summed E-state index contributed by atoms with van der Waals surface area (Å²) < 4.78 is 5.29. The summed E-state index contributed by atoms with van der Waals surface area (Å²) in [5, 5.41) is 18.1. The highest BCUT2D eigenvalue weighted by Crippen LogP contribution is 2.20. The fourth-order valence-corrected chi connectivity index (χ4v) is 1.23. The summed E-state index contributed by atoms with van der Waals surface area (Å²) in [5.74, 6) is 0.649. The lowest BCUT2D eigenvalue weighted by Gasteiger charge is -2.10. The topological polar surface area (TPSA) is 53.2 Å². The van der Waals surface area contributed by atoms with Gasteiger partial charge in [0.2, 0.25) is 0 Å². The van der Waals surface area contributed by atoms with E-state index in [-0.39, 0.29) is 0 Å². The third-order valence-corrected chi connectivity index (χ3v) is 2.15. The molecule has 80 valence electrons. The number of hydrogen-bond acceptors (Lipinski definition) is 3. The smallest absolute Gasteiger partial charge is 0.181 e. The van der Waals surface area contributed by atoms with E-state index in [1.165, 1.54) is 0 Å². The van der Waals surface area contributed by atoms with Crippen LogP contribution in [0.3, 0.4) is 0 Å². The van der Waals surface area contributed by atoms with Gasteiger partial charge in [-0.15, -0.1) is 0 Å². The zero-order valence-electron chi connectivity index (χ0n) is 8.97. The molecule has 0 radical (unpaired) electrons. The van der Waals surface area contributed by atoms with Gasteiger partial charge < -0.3 is 9.84 Å². The van der Waals surface area contributed by atoms with E-state index in [0.717, 1.165) is 5.56 Å². The molecule has 1 rings (SSSR count). The van der Waals surface area contributed by atoms with Crippen LogP contribution in [0.25, 0.3) is 0 Å². The van der Waals surface area contributed by atoms with Gasteiger partial charge in [-0.2, -0.15) is 5.26 Å². The summed E-state index contributed by atoms with van der Waals surface area (Å²) in [6.07, 6.45) is -0.186. The van der Waals surface area contributed by atoms with Crippen molar-refractivity contribution in [2.24, 2.45) is 0 Å². The van der Waals surface area contributed by atoms with Crippen LogP contribution in [-0.2, 0) is 0 Å². The Kier molecular flexibility index (Phi) is 4.14. The van der Waals surface area contributed by atoms with Gasteiger partial charge in [0, 0.05) is 0 Å². The Balaban J connectivity index is 2.69. The van der Waals surface area contributed by atoms with Crippen LogP contribution in [0, 0.1) is 11.3 Å². The fourth-order valence-electron chi connectivity index (χ4n) is 1.23. The number of rotatable bonds is 4. The van der Waals surface area contributed by atoms with E-state index in [9.17, 15) is 5.11 Å². The minimum Gasteiger partial charge on any atom is -0.476 e. The van der Waals surface area contributed by atoms with E-state index in [1.54, 1.807) is 19.1 Å². The molecule has 0 bridgehead atoms. The summed E-state index contributed by atoms with van der Waals surface area (Å²) in [4.78, 5) is 0. The van der Waals surface area contributed by atoms with Crippen molar-refractivity contribution < 1.29 is 9.84 Å². The molecular weight excluding hydrogens is 190 g/mol. The first kappa shape index (κ1) is 11.5. The number of aliphatic hydroxyl groups excluding tert-OH is 1. The highest BCUT2D eigenvalue weighted by Gasteiger charge is 2.05. The van der Waals surface area contributed by atoms with E-state index in [2.05, 4.69) is 0 Å². The van der Waals surface area contributed by atoms with Gasteiger partial charge in [-0.3, -0.25) is 0 Å². The Labute approximate surface area is 89.9 Å². The van der Waals surface area contributed by atoms with Gasteiger partial charge in [0.1, 0.15) is 11.8 Å². The maximum absolute atomic E-state index is 9.56. The minimum atomic E-state index is -0.452. The third kappa shape index (κ3) is 3.26. The normalized spacial score (nSPS) is 14.0. The Morgan fingerprint density at radius 1 is 1.40 bits per heavy atom. The minimum absolute atomic E-state index is 0.424. The summed E-state index contributed by atoms with van der Waals surface area (Å²) in [7, 11) is 0. The molecule has 1 N–H and O–H groups in total. The lowest BCUT2D eigenvalue weighted by atomic mass is 10.1. The molecule has 0 saturated carbocycles. The SMILES string of the molecule is CCC(O)c1ccc(OC(C)C#N)cc1. The van der Waals surface area contributed by atoms with Crippen molar-refractivity contribution in [3.63, 3.8) is 0 Å². The Bertz CT molecular complexity index is 340. The summed E-state index contributed by atoms with van der Waals surface area (Å²) in [5.41, 5.74) is 0.870. The fraction of sp³-hybridized carbons (Fsp3) is 0.417. The molecule has 0 amide bonds. The number of aliphatic hydroxyl groups is 1. The number of benzene rings is 1. The Morgan fingerprint density at radius 2 is 2.00 bits per heavy atom. The van der Waals surface area contributed by atoms with Crippen LogP contribution in [-0.4, -0.2) is 11.2 Å². The van der Waals surface area contributed by atoms with Crippen LogP contribution in [0.2, 0.25) is 0 Å². The molecule has 0 aliphatic carbocycles. The average molecular weight is 205 g/mol. The van der Waals surface area contributed by atoms with Crippen molar-refractivity contribution in [1.82, 2.24) is 0 Å². The van der Waals surface area contributed by atoms with Crippen LogP contribution in [0.5, 0.6) is 5.75 Å². The number of ether oxygens (including phenoxy) is 1. The van der Waals surface area contributed by atoms with Crippen LogP contribution < -0.4 is 4.74 Å². The van der Waals surface area contributed by atoms with Gasteiger partial charge in [0.15, 0.2) is 6.10 Å². The summed E-state index contributed by atoms with van der Waals surface area (Å²) in [6.45, 7) is 3.61. The van der Waals surface area contributed by atoms with Crippen LogP contribution in [0.15, 0.2) is 24.3 Å². The van der Waals surface area contributed by atoms with Crippen molar-refractivity contribution >= 4 is 0 Å². The predicted molar refractivity (Wildman–Crippen MR) is 57.4 cm³/mol. The van der Waals surface area contributed by atoms with Gasteiger partial charge in [0.05, 0.1) is 6.10 Å². The van der Waals surface area contributed by atoms with E-state index in [1.807, 2.05) is 25.1 Å². The van der Waals surface area contributed by atoms with Crippen molar-refractivity contribution in [3.05, 3.63) is 29.8 Å². The molecule has 0 heterocycles. The molecule has 0 fully saturated rings. The van der Waals surface area contributed by atoms with Gasteiger partial charge in [-0.1, -0.05) is 19.1 Å². The van der Waals surface area contributed by atoms with Crippen LogP contribution in [0.4, 0.5) is 0 Å². The molecule has 3 heteroatoms. The van der Waals surface area contributed by atoms with Crippen molar-refractivity contribution in [2.45, 2.75) is 32.5 Å². The van der Waals surface area contributed by atoms with Crippen LogP contribution in [0.1, 0.15) is 31.9 Å². The largest absolute Gasteiger partial charge is 0.476 e. The number of hydrogen-bond donors (Lipinski definition) is 1. The van der Waals surface area contributed by atoms with E-state index >= 15 is 0 Å². The molecule has 0 aromatic heterocycles. The molecule has 0 spiro atoms. The first-order valence-electron chi connectivity index (χ1n) is 5.01. The van der Waals surface area contributed by atoms with Crippen molar-refractivity contribution in [3.8, 4) is 11.8 Å². The molecule has 2 atom stereocenters. The standard InChI is InChI=1S/C12H15NO2/c1-3-12(14)10-4-6-11(7-5-10)15-9(2)8-13/h4-7,9,12,14H,3H2,1-2H3. The lowest BCUT2D eigenvalue weighted by molar-refractivity contribution is 0.173. The molecule has 0 saturated heterocycles. The zero-order chi connectivity index (χ0) is 11.3. The number of nitrogens with zero attached hydrogens (tertiary/aromatic N) is 1. The van der Waals surface area contributed by atoms with E-state index in [4.69, 9.17) is 10.00 Å². The molecular formula is C12H15NO2. The molecule has 2 unspecified atom stereocenters. The zero-order valence-corrected chi connectivity index (χ0v) is 8.97.